The Balaban J connectivity index is 2.64. The average molecular weight is 222 g/mol. The van der Waals surface area contributed by atoms with E-state index in [1.165, 1.54) is 19.9 Å². The van der Waals surface area contributed by atoms with Gasteiger partial charge in [-0.2, -0.15) is 0 Å². The second-order valence-corrected chi connectivity index (χ2v) is 4.15. The number of H-pyrrole nitrogens is 1. The SMILES string of the molecule is CC(C)(C(=O)O)c1nc2c(F)cccc2[nH]1. The number of hydrogen-bond donors (Lipinski definition) is 2. The Labute approximate surface area is 91.1 Å². The molecule has 0 aliphatic carbocycles. The molecule has 1 heterocycles. The van der Waals surface area contributed by atoms with E-state index in [0.717, 1.165) is 0 Å². The number of halogens is 1. The van der Waals surface area contributed by atoms with E-state index in [1.54, 1.807) is 12.1 Å². The Morgan fingerprint density at radius 3 is 2.75 bits per heavy atom. The maximum absolute atomic E-state index is 13.4. The van der Waals surface area contributed by atoms with Gasteiger partial charge in [-0.3, -0.25) is 4.79 Å². The van der Waals surface area contributed by atoms with Gasteiger partial charge in [-0.1, -0.05) is 6.07 Å². The number of fused-ring (bicyclic) bond motifs is 1. The number of aromatic amines is 1. The van der Waals surface area contributed by atoms with Crippen LogP contribution in [0.25, 0.3) is 11.0 Å². The van der Waals surface area contributed by atoms with Gasteiger partial charge in [-0.15, -0.1) is 0 Å². The van der Waals surface area contributed by atoms with E-state index < -0.39 is 17.2 Å². The fourth-order valence-electron chi connectivity index (χ4n) is 1.39. The molecule has 5 heteroatoms. The first-order valence-electron chi connectivity index (χ1n) is 4.81. The average Bonchev–Trinajstić information content (AvgIpc) is 2.63. The standard InChI is InChI=1S/C11H11FN2O2/c1-11(2,10(15)16)9-13-7-5-3-4-6(12)8(7)14-9/h3-5H,1-2H3,(H,13,14)(H,15,16). The van der Waals surface area contributed by atoms with Crippen LogP contribution in [0, 0.1) is 5.82 Å². The van der Waals surface area contributed by atoms with Gasteiger partial charge < -0.3 is 10.1 Å². The lowest BCUT2D eigenvalue weighted by molar-refractivity contribution is -0.142. The molecule has 0 radical (unpaired) electrons. The van der Waals surface area contributed by atoms with Crippen LogP contribution >= 0.6 is 0 Å². The molecule has 0 amide bonds. The topological polar surface area (TPSA) is 66.0 Å². The summed E-state index contributed by atoms with van der Waals surface area (Å²) in [5.41, 5.74) is -0.484. The smallest absolute Gasteiger partial charge is 0.316 e. The molecule has 2 N–H and O–H groups in total. The zero-order chi connectivity index (χ0) is 11.9. The Morgan fingerprint density at radius 2 is 2.19 bits per heavy atom. The third kappa shape index (κ3) is 1.44. The number of para-hydroxylation sites is 1. The van der Waals surface area contributed by atoms with Gasteiger partial charge in [-0.05, 0) is 26.0 Å². The minimum absolute atomic E-state index is 0.173. The van der Waals surface area contributed by atoms with Gasteiger partial charge in [0.2, 0.25) is 0 Å². The Morgan fingerprint density at radius 1 is 1.50 bits per heavy atom. The molecule has 0 aliphatic heterocycles. The molecule has 4 nitrogen and oxygen atoms in total. The molecule has 0 spiro atoms. The van der Waals surface area contributed by atoms with Gasteiger partial charge in [-0.25, -0.2) is 9.37 Å². The monoisotopic (exact) mass is 222 g/mol. The maximum Gasteiger partial charge on any atom is 0.316 e. The van der Waals surface area contributed by atoms with Crippen molar-refractivity contribution in [2.45, 2.75) is 19.3 Å². The number of hydrogen-bond acceptors (Lipinski definition) is 2. The summed E-state index contributed by atoms with van der Waals surface area (Å²) in [5.74, 6) is -1.21. The number of aromatic nitrogens is 2. The lowest BCUT2D eigenvalue weighted by Crippen LogP contribution is -2.29. The first-order valence-corrected chi connectivity index (χ1v) is 4.81. The van der Waals surface area contributed by atoms with E-state index >= 15 is 0 Å². The summed E-state index contributed by atoms with van der Waals surface area (Å²) in [6, 6.07) is 4.50. The lowest BCUT2D eigenvalue weighted by atomic mass is 9.93. The molecule has 1 aromatic carbocycles. The number of nitrogens with one attached hydrogen (secondary N) is 1. The van der Waals surface area contributed by atoms with Crippen molar-refractivity contribution in [2.24, 2.45) is 0 Å². The summed E-state index contributed by atoms with van der Waals surface area (Å²) >= 11 is 0. The van der Waals surface area contributed by atoms with E-state index in [2.05, 4.69) is 9.97 Å². The molecule has 0 saturated heterocycles. The number of carboxylic acid groups (broad SMARTS) is 1. The minimum atomic E-state index is -1.16. The quantitative estimate of drug-likeness (QED) is 0.817. The van der Waals surface area contributed by atoms with Crippen LogP contribution in [0.5, 0.6) is 0 Å². The molecule has 0 atom stereocenters. The number of nitrogens with zero attached hydrogens (tertiary/aromatic N) is 1. The second-order valence-electron chi connectivity index (χ2n) is 4.15. The highest BCUT2D eigenvalue weighted by atomic mass is 19.1. The maximum atomic E-state index is 13.4. The molecular formula is C11H11FN2O2. The fourth-order valence-corrected chi connectivity index (χ4v) is 1.39. The van der Waals surface area contributed by atoms with Crippen LogP contribution in [0.2, 0.25) is 0 Å². The Bertz CT molecular complexity index is 560. The summed E-state index contributed by atoms with van der Waals surface area (Å²) in [6.07, 6.45) is 0. The van der Waals surface area contributed by atoms with E-state index in [-0.39, 0.29) is 11.3 Å². The van der Waals surface area contributed by atoms with Crippen LogP contribution in [0.1, 0.15) is 19.7 Å². The van der Waals surface area contributed by atoms with Crippen LogP contribution in [-0.4, -0.2) is 21.0 Å². The highest BCUT2D eigenvalue weighted by Crippen LogP contribution is 2.24. The van der Waals surface area contributed by atoms with Gasteiger partial charge in [0.05, 0.1) is 5.52 Å². The normalized spacial score (nSPS) is 11.9. The molecule has 1 aromatic heterocycles. The molecular weight excluding hydrogens is 211 g/mol. The van der Waals surface area contributed by atoms with Crippen molar-refractivity contribution >= 4 is 17.0 Å². The van der Waals surface area contributed by atoms with E-state index in [9.17, 15) is 9.18 Å². The molecule has 2 rings (SSSR count). The van der Waals surface area contributed by atoms with E-state index in [1.807, 2.05) is 0 Å². The molecule has 0 fully saturated rings. The third-order valence-electron chi connectivity index (χ3n) is 2.59. The number of benzene rings is 1. The predicted molar refractivity (Wildman–Crippen MR) is 56.7 cm³/mol. The lowest BCUT2D eigenvalue weighted by Gasteiger charge is -2.15. The van der Waals surface area contributed by atoms with Crippen molar-refractivity contribution in [3.8, 4) is 0 Å². The van der Waals surface area contributed by atoms with Crippen LogP contribution in [0.4, 0.5) is 4.39 Å². The largest absolute Gasteiger partial charge is 0.481 e. The summed E-state index contributed by atoms with van der Waals surface area (Å²) in [6.45, 7) is 3.04. The molecule has 0 saturated carbocycles. The fraction of sp³-hybridized carbons (Fsp3) is 0.273. The molecule has 0 aliphatic rings. The van der Waals surface area contributed by atoms with Crippen molar-refractivity contribution in [1.82, 2.24) is 9.97 Å². The molecule has 0 bridgehead atoms. The first-order chi connectivity index (χ1) is 7.43. The summed E-state index contributed by atoms with van der Waals surface area (Å²) in [7, 11) is 0. The van der Waals surface area contributed by atoms with Crippen molar-refractivity contribution in [3.05, 3.63) is 29.8 Å². The highest BCUT2D eigenvalue weighted by molar-refractivity contribution is 5.82. The zero-order valence-electron chi connectivity index (χ0n) is 8.91. The number of carboxylic acids is 1. The zero-order valence-corrected chi connectivity index (χ0v) is 8.91. The number of carbonyl (C=O) groups is 1. The summed E-state index contributed by atoms with van der Waals surface area (Å²) in [5, 5.41) is 9.04. The Hall–Kier alpha value is -1.91. The van der Waals surface area contributed by atoms with Crippen molar-refractivity contribution in [3.63, 3.8) is 0 Å². The molecule has 0 unspecified atom stereocenters. The van der Waals surface area contributed by atoms with Gasteiger partial charge in [0.15, 0.2) is 5.82 Å². The van der Waals surface area contributed by atoms with Gasteiger partial charge >= 0.3 is 5.97 Å². The number of rotatable bonds is 2. The minimum Gasteiger partial charge on any atom is -0.481 e. The second kappa shape index (κ2) is 3.30. The van der Waals surface area contributed by atoms with Crippen LogP contribution in [0.15, 0.2) is 18.2 Å². The third-order valence-corrected chi connectivity index (χ3v) is 2.59. The number of aliphatic carboxylic acids is 1. The first kappa shape index (κ1) is 10.6. The van der Waals surface area contributed by atoms with Crippen molar-refractivity contribution < 1.29 is 14.3 Å². The molecule has 16 heavy (non-hydrogen) atoms. The van der Waals surface area contributed by atoms with Gasteiger partial charge in [0, 0.05) is 0 Å². The van der Waals surface area contributed by atoms with E-state index in [0.29, 0.717) is 5.52 Å². The van der Waals surface area contributed by atoms with Crippen molar-refractivity contribution in [1.29, 1.82) is 0 Å². The summed E-state index contributed by atoms with van der Waals surface area (Å²) in [4.78, 5) is 17.8. The molecule has 84 valence electrons. The molecule has 2 aromatic rings. The highest BCUT2D eigenvalue weighted by Gasteiger charge is 2.33. The van der Waals surface area contributed by atoms with E-state index in [4.69, 9.17) is 5.11 Å². The van der Waals surface area contributed by atoms with Gasteiger partial charge in [0.25, 0.3) is 0 Å². The van der Waals surface area contributed by atoms with Crippen LogP contribution in [0.3, 0.4) is 0 Å². The van der Waals surface area contributed by atoms with Crippen molar-refractivity contribution in [2.75, 3.05) is 0 Å². The van der Waals surface area contributed by atoms with Gasteiger partial charge in [0.1, 0.15) is 16.8 Å². The number of imidazole rings is 1. The predicted octanol–water partition coefficient (Wildman–Crippen LogP) is 2.06. The Kier molecular flexibility index (Phi) is 2.18. The van der Waals surface area contributed by atoms with Crippen LogP contribution < -0.4 is 0 Å². The van der Waals surface area contributed by atoms with Crippen LogP contribution in [-0.2, 0) is 10.2 Å². The summed E-state index contributed by atoms with van der Waals surface area (Å²) < 4.78 is 13.4.